The van der Waals surface area contributed by atoms with E-state index < -0.39 is 0 Å². The van der Waals surface area contributed by atoms with Crippen LogP contribution in [-0.2, 0) is 6.42 Å². The average Bonchev–Trinajstić information content (AvgIpc) is 2.75. The minimum absolute atomic E-state index is 0.00356. The van der Waals surface area contributed by atoms with E-state index >= 15 is 0 Å². The number of benzene rings is 1. The molecule has 1 aliphatic rings. The zero-order valence-electron chi connectivity index (χ0n) is 11.4. The van der Waals surface area contributed by atoms with Gasteiger partial charge in [0.2, 0.25) is 0 Å². The van der Waals surface area contributed by atoms with Crippen LogP contribution in [0.1, 0.15) is 36.3 Å². The summed E-state index contributed by atoms with van der Waals surface area (Å²) >= 11 is 12.0. The quantitative estimate of drug-likeness (QED) is 0.731. The summed E-state index contributed by atoms with van der Waals surface area (Å²) in [6, 6.07) is 7.42. The van der Waals surface area contributed by atoms with Gasteiger partial charge in [0.15, 0.2) is 5.78 Å². The van der Waals surface area contributed by atoms with Gasteiger partial charge in [-0.05, 0) is 36.1 Å². The Morgan fingerprint density at radius 1 is 1.10 bits per heavy atom. The van der Waals surface area contributed by atoms with Crippen molar-refractivity contribution in [3.63, 3.8) is 0 Å². The predicted molar refractivity (Wildman–Crippen MR) is 82.2 cm³/mol. The van der Waals surface area contributed by atoms with Gasteiger partial charge in [-0.2, -0.15) is 0 Å². The standard InChI is InChI=1S/C16H15Cl2NO/c1-16(2)8-14-11(15(20)9-16)5-6-19(14)10-3-4-12(17)13(18)7-10/h3-7H,8-9H2,1-2H3. The van der Waals surface area contributed by atoms with E-state index in [1.54, 1.807) is 6.07 Å². The van der Waals surface area contributed by atoms with Crippen LogP contribution in [0.2, 0.25) is 10.0 Å². The number of hydrogen-bond donors (Lipinski definition) is 0. The van der Waals surface area contributed by atoms with Gasteiger partial charge in [0.25, 0.3) is 0 Å². The molecular formula is C16H15Cl2NO. The summed E-state index contributed by atoms with van der Waals surface area (Å²) in [6.07, 6.45) is 3.41. The van der Waals surface area contributed by atoms with Crippen molar-refractivity contribution in [2.45, 2.75) is 26.7 Å². The first-order valence-corrected chi connectivity index (χ1v) is 7.32. The Balaban J connectivity index is 2.13. The highest BCUT2D eigenvalue weighted by molar-refractivity contribution is 6.42. The third-order valence-electron chi connectivity index (χ3n) is 3.76. The number of halogens is 2. The number of rotatable bonds is 1. The van der Waals surface area contributed by atoms with Gasteiger partial charge in [-0.1, -0.05) is 37.0 Å². The average molecular weight is 308 g/mol. The lowest BCUT2D eigenvalue weighted by Gasteiger charge is -2.29. The first-order valence-electron chi connectivity index (χ1n) is 6.56. The maximum atomic E-state index is 12.2. The summed E-state index contributed by atoms with van der Waals surface area (Å²) in [6.45, 7) is 4.25. The van der Waals surface area contributed by atoms with Crippen molar-refractivity contribution in [3.05, 3.63) is 51.8 Å². The molecule has 0 N–H and O–H groups in total. The zero-order chi connectivity index (χ0) is 14.5. The first-order chi connectivity index (χ1) is 9.37. The third-order valence-corrected chi connectivity index (χ3v) is 4.50. The Bertz CT molecular complexity index is 700. The van der Waals surface area contributed by atoms with Crippen molar-refractivity contribution in [2.24, 2.45) is 5.41 Å². The van der Waals surface area contributed by atoms with Crippen LogP contribution in [0, 0.1) is 5.41 Å². The summed E-state index contributed by atoms with van der Waals surface area (Å²) in [4.78, 5) is 12.2. The van der Waals surface area contributed by atoms with Crippen LogP contribution in [0.4, 0.5) is 0 Å². The molecule has 3 rings (SSSR count). The molecule has 1 heterocycles. The SMILES string of the molecule is CC1(C)CC(=O)c2ccn(-c3ccc(Cl)c(Cl)c3)c2C1. The molecule has 0 unspecified atom stereocenters. The number of fused-ring (bicyclic) bond motifs is 1. The Kier molecular flexibility index (Phi) is 3.19. The maximum absolute atomic E-state index is 12.2. The van der Waals surface area contributed by atoms with Crippen LogP contribution >= 0.6 is 23.2 Å². The van der Waals surface area contributed by atoms with E-state index in [4.69, 9.17) is 23.2 Å². The van der Waals surface area contributed by atoms with Crippen LogP contribution in [0.5, 0.6) is 0 Å². The summed E-state index contributed by atoms with van der Waals surface area (Å²) in [5.41, 5.74) is 2.82. The second-order valence-electron chi connectivity index (χ2n) is 6.09. The zero-order valence-corrected chi connectivity index (χ0v) is 12.9. The molecule has 0 saturated heterocycles. The number of ketones is 1. The van der Waals surface area contributed by atoms with Gasteiger partial charge in [0.05, 0.1) is 10.0 Å². The number of Topliss-reactive ketones (excluding diaryl/α,β-unsaturated/α-hetero) is 1. The first kappa shape index (κ1) is 13.7. The fourth-order valence-electron chi connectivity index (χ4n) is 2.82. The summed E-state index contributed by atoms with van der Waals surface area (Å²) in [5.74, 6) is 0.218. The Morgan fingerprint density at radius 3 is 2.55 bits per heavy atom. The minimum Gasteiger partial charge on any atom is -0.320 e. The second kappa shape index (κ2) is 4.64. The molecule has 0 atom stereocenters. The van der Waals surface area contributed by atoms with Crippen molar-refractivity contribution in [2.75, 3.05) is 0 Å². The molecule has 2 aromatic rings. The highest BCUT2D eigenvalue weighted by Gasteiger charge is 2.33. The fraction of sp³-hybridized carbons (Fsp3) is 0.312. The molecule has 1 aromatic carbocycles. The van der Waals surface area contributed by atoms with Gasteiger partial charge in [0.1, 0.15) is 0 Å². The van der Waals surface area contributed by atoms with Gasteiger partial charge < -0.3 is 4.57 Å². The van der Waals surface area contributed by atoms with Gasteiger partial charge in [-0.3, -0.25) is 4.79 Å². The Morgan fingerprint density at radius 2 is 1.85 bits per heavy atom. The number of hydrogen-bond acceptors (Lipinski definition) is 1. The maximum Gasteiger partial charge on any atom is 0.165 e. The molecule has 0 aliphatic heterocycles. The smallest absolute Gasteiger partial charge is 0.165 e. The summed E-state index contributed by atoms with van der Waals surface area (Å²) < 4.78 is 2.04. The van der Waals surface area contributed by atoms with Crippen molar-refractivity contribution >= 4 is 29.0 Å². The van der Waals surface area contributed by atoms with E-state index in [9.17, 15) is 4.79 Å². The Hall–Kier alpha value is -1.25. The number of carbonyl (C=O) groups is 1. The molecule has 1 aromatic heterocycles. The van der Waals surface area contributed by atoms with Crippen LogP contribution in [0.15, 0.2) is 30.5 Å². The molecule has 0 saturated carbocycles. The number of aromatic nitrogens is 1. The predicted octanol–water partition coefficient (Wildman–Crippen LogP) is 4.94. The fourth-order valence-corrected chi connectivity index (χ4v) is 3.11. The van der Waals surface area contributed by atoms with Gasteiger partial charge in [0, 0.05) is 29.6 Å². The second-order valence-corrected chi connectivity index (χ2v) is 6.90. The topological polar surface area (TPSA) is 22.0 Å². The van der Waals surface area contributed by atoms with E-state index in [2.05, 4.69) is 13.8 Å². The molecule has 0 amide bonds. The molecule has 4 heteroatoms. The van der Waals surface area contributed by atoms with Crippen molar-refractivity contribution in [1.29, 1.82) is 0 Å². The molecular weight excluding hydrogens is 293 g/mol. The van der Waals surface area contributed by atoms with E-state index in [1.165, 1.54) is 0 Å². The van der Waals surface area contributed by atoms with Gasteiger partial charge in [-0.25, -0.2) is 0 Å². The summed E-state index contributed by atoms with van der Waals surface area (Å²) in [5, 5.41) is 1.06. The lowest BCUT2D eigenvalue weighted by molar-refractivity contribution is 0.0911. The molecule has 104 valence electrons. The summed E-state index contributed by atoms with van der Waals surface area (Å²) in [7, 11) is 0. The highest BCUT2D eigenvalue weighted by atomic mass is 35.5. The Labute approximate surface area is 128 Å². The minimum atomic E-state index is -0.00356. The monoisotopic (exact) mass is 307 g/mol. The van der Waals surface area contributed by atoms with E-state index in [-0.39, 0.29) is 11.2 Å². The van der Waals surface area contributed by atoms with Crippen LogP contribution < -0.4 is 0 Å². The molecule has 0 fully saturated rings. The molecule has 20 heavy (non-hydrogen) atoms. The lowest BCUT2D eigenvalue weighted by atomic mass is 9.76. The van der Waals surface area contributed by atoms with Gasteiger partial charge >= 0.3 is 0 Å². The van der Waals surface area contributed by atoms with Crippen LogP contribution in [-0.4, -0.2) is 10.4 Å². The van der Waals surface area contributed by atoms with Crippen molar-refractivity contribution in [1.82, 2.24) is 4.57 Å². The molecule has 2 nitrogen and oxygen atoms in total. The van der Waals surface area contributed by atoms with E-state index in [0.29, 0.717) is 16.5 Å². The van der Waals surface area contributed by atoms with E-state index in [0.717, 1.165) is 23.4 Å². The molecule has 0 radical (unpaired) electrons. The van der Waals surface area contributed by atoms with Crippen molar-refractivity contribution < 1.29 is 4.79 Å². The largest absolute Gasteiger partial charge is 0.320 e. The third kappa shape index (κ3) is 2.27. The molecule has 0 bridgehead atoms. The van der Waals surface area contributed by atoms with Gasteiger partial charge in [-0.15, -0.1) is 0 Å². The van der Waals surface area contributed by atoms with E-state index in [1.807, 2.05) is 29.0 Å². The lowest BCUT2D eigenvalue weighted by Crippen LogP contribution is -2.27. The molecule has 1 aliphatic carbocycles. The van der Waals surface area contributed by atoms with Crippen LogP contribution in [0.3, 0.4) is 0 Å². The van der Waals surface area contributed by atoms with Crippen LogP contribution in [0.25, 0.3) is 5.69 Å². The highest BCUT2D eigenvalue weighted by Crippen LogP contribution is 2.36. The molecule has 0 spiro atoms. The van der Waals surface area contributed by atoms with Crippen molar-refractivity contribution in [3.8, 4) is 5.69 Å². The normalized spacial score (nSPS) is 17.1. The number of carbonyl (C=O) groups excluding carboxylic acids is 1. The number of nitrogens with zero attached hydrogens (tertiary/aromatic N) is 1.